The fraction of sp³-hybridized carbons (Fsp3) is 0.154. The van der Waals surface area contributed by atoms with Crippen LogP contribution in [0.1, 0.15) is 0 Å². The third-order valence-corrected chi connectivity index (χ3v) is 4.94. The summed E-state index contributed by atoms with van der Waals surface area (Å²) in [7, 11) is -4.44. The molecule has 1 aromatic carbocycles. The number of alkyl halides is 3. The third-order valence-electron chi connectivity index (χ3n) is 2.24. The molecule has 0 bridgehead atoms. The van der Waals surface area contributed by atoms with Gasteiger partial charge in [0, 0.05) is 0 Å². The van der Waals surface area contributed by atoms with Gasteiger partial charge in [0.2, 0.25) is 0 Å². The van der Waals surface area contributed by atoms with Crippen molar-refractivity contribution >= 4 is 34.0 Å². The third kappa shape index (κ3) is 7.00. The van der Waals surface area contributed by atoms with Crippen LogP contribution in [0.2, 0.25) is 0 Å². The van der Waals surface area contributed by atoms with Crippen molar-refractivity contribution in [2.24, 2.45) is 0 Å². The zero-order valence-corrected chi connectivity index (χ0v) is 14.3. The molecule has 0 saturated carbocycles. The van der Waals surface area contributed by atoms with Crippen molar-refractivity contribution < 1.29 is 35.7 Å². The van der Waals surface area contributed by atoms with Crippen LogP contribution in [0.3, 0.4) is 0 Å². The van der Waals surface area contributed by atoms with Crippen LogP contribution in [0, 0.1) is 0 Å². The van der Waals surface area contributed by atoms with Crippen LogP contribution in [-0.2, 0) is 10.1 Å². The number of halogens is 3. The van der Waals surface area contributed by atoms with Crippen molar-refractivity contribution in [3.8, 4) is 0 Å². The first kappa shape index (κ1) is 19.4. The van der Waals surface area contributed by atoms with E-state index >= 15 is 0 Å². The molecule has 2 aromatic rings. The van der Waals surface area contributed by atoms with Gasteiger partial charge in [-0.1, -0.05) is 0 Å². The van der Waals surface area contributed by atoms with Crippen molar-refractivity contribution in [2.75, 3.05) is 7.11 Å². The number of hydrogen-bond donors (Lipinski definition) is 0. The van der Waals surface area contributed by atoms with Crippen LogP contribution in [0.4, 0.5) is 13.2 Å². The minimum absolute atomic E-state index is 0.383. The largest absolute Gasteiger partial charge is 0.741 e. The molecule has 0 radical (unpaired) electrons. The minimum atomic E-state index is -6.09. The van der Waals surface area contributed by atoms with E-state index in [-0.39, 0.29) is 0 Å². The van der Waals surface area contributed by atoms with Crippen LogP contribution in [0.5, 0.6) is 0 Å². The molecule has 0 saturated heterocycles. The topological polar surface area (TPSA) is 70.3 Å². The number of rotatable bonds is 3. The molecule has 0 aliphatic heterocycles. The molecule has 10 heteroatoms. The van der Waals surface area contributed by atoms with Crippen LogP contribution >= 0.6 is 0 Å². The second kappa shape index (κ2) is 8.30. The molecule has 0 aliphatic carbocycles. The molecule has 126 valence electrons. The van der Waals surface area contributed by atoms with Gasteiger partial charge in [0.05, 0.1) is 0 Å². The first-order valence-corrected chi connectivity index (χ1v) is 9.06. The van der Waals surface area contributed by atoms with Gasteiger partial charge in [0.25, 0.3) is 0 Å². The first-order valence-electron chi connectivity index (χ1n) is 5.94. The van der Waals surface area contributed by atoms with E-state index in [4.69, 9.17) is 17.8 Å². The molecule has 0 unspecified atom stereocenters. The summed E-state index contributed by atoms with van der Waals surface area (Å²) >= 11 is 0.383. The second-order valence-electron chi connectivity index (χ2n) is 3.89. The Morgan fingerprint density at radius 3 is 1.87 bits per heavy atom. The van der Waals surface area contributed by atoms with Gasteiger partial charge in [-0.05, 0) is 0 Å². The molecule has 0 spiro atoms. The van der Waals surface area contributed by atoms with Crippen LogP contribution < -0.4 is 18.5 Å². The predicted molar refractivity (Wildman–Crippen MR) is 76.4 cm³/mol. The van der Waals surface area contributed by atoms with E-state index in [1.807, 2.05) is 18.5 Å². The SMILES string of the molecule is CO[n+]1ccc([Se]c2ccccc2)cc1.O=S(=O)([O-])C(F)(F)F. The fourth-order valence-corrected chi connectivity index (χ4v) is 2.94. The molecule has 1 heterocycles. The summed E-state index contributed by atoms with van der Waals surface area (Å²) in [4.78, 5) is 5.04. The summed E-state index contributed by atoms with van der Waals surface area (Å²) < 4.78 is 63.3. The quantitative estimate of drug-likeness (QED) is 0.301. The molecule has 0 N–H and O–H groups in total. The molecule has 2 rings (SSSR count). The molecule has 0 aliphatic rings. The van der Waals surface area contributed by atoms with Crippen molar-refractivity contribution in [3.05, 3.63) is 54.9 Å². The molecule has 0 atom stereocenters. The minimum Gasteiger partial charge on any atom is -0.741 e. The Hall–Kier alpha value is -1.61. The van der Waals surface area contributed by atoms with E-state index in [0.29, 0.717) is 15.0 Å². The van der Waals surface area contributed by atoms with E-state index < -0.39 is 15.6 Å². The molecule has 5 nitrogen and oxygen atoms in total. The van der Waals surface area contributed by atoms with Crippen LogP contribution in [0.15, 0.2) is 54.9 Å². The van der Waals surface area contributed by atoms with Gasteiger partial charge in [0.1, 0.15) is 0 Å². The number of pyridine rings is 1. The summed E-state index contributed by atoms with van der Waals surface area (Å²) in [5, 5.41) is 0. The number of nitrogens with zero attached hydrogens (tertiary/aromatic N) is 1. The van der Waals surface area contributed by atoms with E-state index in [1.165, 1.54) is 8.92 Å². The van der Waals surface area contributed by atoms with Crippen molar-refractivity contribution in [2.45, 2.75) is 5.51 Å². The molecule has 0 fully saturated rings. The smallest absolute Gasteiger partial charge is 0.485 e. The van der Waals surface area contributed by atoms with E-state index in [0.717, 1.165) is 0 Å². The van der Waals surface area contributed by atoms with Gasteiger partial charge in [-0.2, -0.15) is 13.2 Å². The molecular weight excluding hydrogens is 402 g/mol. The number of benzene rings is 1. The Morgan fingerprint density at radius 2 is 1.48 bits per heavy atom. The maximum Gasteiger partial charge on any atom is 0.485 e. The molecule has 0 amide bonds. The summed E-state index contributed by atoms with van der Waals surface area (Å²) in [6.07, 6.45) is 3.86. The van der Waals surface area contributed by atoms with Gasteiger partial charge in [-0.25, -0.2) is 8.42 Å². The van der Waals surface area contributed by atoms with E-state index in [9.17, 15) is 13.2 Å². The summed E-state index contributed by atoms with van der Waals surface area (Å²) in [5.41, 5.74) is -5.65. The summed E-state index contributed by atoms with van der Waals surface area (Å²) in [6, 6.07) is 14.7. The van der Waals surface area contributed by atoms with Crippen LogP contribution in [0.25, 0.3) is 0 Å². The number of hydrogen-bond acceptors (Lipinski definition) is 4. The van der Waals surface area contributed by atoms with Gasteiger partial charge >= 0.3 is 101 Å². The number of aromatic nitrogens is 1. The van der Waals surface area contributed by atoms with Gasteiger partial charge in [-0.15, -0.1) is 0 Å². The van der Waals surface area contributed by atoms with Gasteiger partial charge in [-0.3, -0.25) is 0 Å². The van der Waals surface area contributed by atoms with Crippen LogP contribution in [-0.4, -0.2) is 40.5 Å². The normalized spacial score (nSPS) is 11.3. The molecular formula is C13H12F3NO4SSe. The van der Waals surface area contributed by atoms with Crippen molar-refractivity contribution in [1.82, 2.24) is 0 Å². The van der Waals surface area contributed by atoms with Gasteiger partial charge in [0.15, 0.2) is 10.1 Å². The van der Waals surface area contributed by atoms with E-state index in [2.05, 4.69) is 36.4 Å². The maximum absolute atomic E-state index is 10.7. The Morgan fingerprint density at radius 1 is 1.04 bits per heavy atom. The Kier molecular flexibility index (Phi) is 7.01. The van der Waals surface area contributed by atoms with Gasteiger partial charge < -0.3 is 4.55 Å². The summed E-state index contributed by atoms with van der Waals surface area (Å²) in [5.74, 6) is 0. The Labute approximate surface area is 137 Å². The van der Waals surface area contributed by atoms with E-state index in [1.54, 1.807) is 11.8 Å². The van der Waals surface area contributed by atoms with Crippen molar-refractivity contribution in [1.29, 1.82) is 0 Å². The first-order chi connectivity index (χ1) is 10.6. The Bertz CT molecular complexity index is 706. The average molecular weight is 414 g/mol. The molecule has 1 aromatic heterocycles. The fourth-order valence-electron chi connectivity index (χ4n) is 1.21. The average Bonchev–Trinajstić information content (AvgIpc) is 2.48. The van der Waals surface area contributed by atoms with Crippen molar-refractivity contribution in [3.63, 3.8) is 0 Å². The molecule has 23 heavy (non-hydrogen) atoms. The second-order valence-corrected chi connectivity index (χ2v) is 7.67. The summed E-state index contributed by atoms with van der Waals surface area (Å²) in [6.45, 7) is 0. The Balaban J connectivity index is 0.000000284. The monoisotopic (exact) mass is 415 g/mol. The standard InChI is InChI=1S/C12H12NOSe.CHF3O3S/c1-14-13-9-7-12(8-10-13)15-11-5-3-2-4-6-11;2-1(3,4)8(5,6)7/h2-10H,1H3;(H,5,6,7)/q+1;/p-1. The maximum atomic E-state index is 10.7. The zero-order chi connectivity index (χ0) is 17.5. The predicted octanol–water partition coefficient (Wildman–Crippen LogP) is -0.261. The zero-order valence-electron chi connectivity index (χ0n) is 11.7.